The number of rotatable bonds is 4. The zero-order valence-electron chi connectivity index (χ0n) is 11.4. The molecule has 1 aliphatic rings. The molecule has 0 radical (unpaired) electrons. The van der Waals surface area contributed by atoms with Crippen molar-refractivity contribution in [3.63, 3.8) is 0 Å². The normalized spacial score (nSPS) is 19.5. The highest BCUT2D eigenvalue weighted by Gasteiger charge is 2.21. The zero-order chi connectivity index (χ0) is 13.8. The standard InChI is InChI=1S/C13H20N4O2/c1-10-12(17(18)19)5-6-13(15-10)16-7-3-4-11(9-16)8-14-2/h5-6,11,14H,3-4,7-9H2,1-2H3. The van der Waals surface area contributed by atoms with E-state index in [0.29, 0.717) is 11.6 Å². The first-order chi connectivity index (χ1) is 9.11. The largest absolute Gasteiger partial charge is 0.356 e. The molecule has 0 spiro atoms. The van der Waals surface area contributed by atoms with Crippen LogP contribution < -0.4 is 10.2 Å². The quantitative estimate of drug-likeness (QED) is 0.662. The van der Waals surface area contributed by atoms with E-state index in [1.54, 1.807) is 19.1 Å². The summed E-state index contributed by atoms with van der Waals surface area (Å²) in [5.74, 6) is 1.47. The maximum Gasteiger partial charge on any atom is 0.290 e. The van der Waals surface area contributed by atoms with E-state index in [-0.39, 0.29) is 10.6 Å². The molecule has 2 rings (SSSR count). The van der Waals surface area contributed by atoms with Crippen LogP contribution in [-0.4, -0.2) is 36.6 Å². The number of pyridine rings is 1. The Balaban J connectivity index is 2.13. The summed E-state index contributed by atoms with van der Waals surface area (Å²) in [6.45, 7) is 4.63. The molecule has 6 nitrogen and oxygen atoms in total. The van der Waals surface area contributed by atoms with Crippen LogP contribution in [0.15, 0.2) is 12.1 Å². The van der Waals surface area contributed by atoms with Gasteiger partial charge in [-0.1, -0.05) is 0 Å². The first-order valence-electron chi connectivity index (χ1n) is 6.63. The second-order valence-corrected chi connectivity index (χ2v) is 5.04. The van der Waals surface area contributed by atoms with Crippen LogP contribution in [-0.2, 0) is 0 Å². The van der Waals surface area contributed by atoms with Crippen molar-refractivity contribution in [3.05, 3.63) is 27.9 Å². The summed E-state index contributed by atoms with van der Waals surface area (Å²) >= 11 is 0. The van der Waals surface area contributed by atoms with Gasteiger partial charge in [-0.15, -0.1) is 0 Å². The van der Waals surface area contributed by atoms with Crippen LogP contribution in [0.2, 0.25) is 0 Å². The van der Waals surface area contributed by atoms with Gasteiger partial charge in [0, 0.05) is 19.2 Å². The molecule has 2 heterocycles. The van der Waals surface area contributed by atoms with Gasteiger partial charge in [-0.2, -0.15) is 0 Å². The molecule has 6 heteroatoms. The molecule has 1 saturated heterocycles. The van der Waals surface area contributed by atoms with E-state index >= 15 is 0 Å². The van der Waals surface area contributed by atoms with Crippen LogP contribution in [0.5, 0.6) is 0 Å². The minimum Gasteiger partial charge on any atom is -0.356 e. The predicted octanol–water partition coefficient (Wildman–Crippen LogP) is 1.73. The Bertz CT molecular complexity index is 462. The lowest BCUT2D eigenvalue weighted by Crippen LogP contribution is -2.39. The SMILES string of the molecule is CNCC1CCCN(c2ccc([N+](=O)[O-])c(C)n2)C1. The first kappa shape index (κ1) is 13.7. The Morgan fingerprint density at radius 3 is 3.00 bits per heavy atom. The Kier molecular flexibility index (Phi) is 4.31. The predicted molar refractivity (Wildman–Crippen MR) is 74.5 cm³/mol. The molecule has 0 aromatic carbocycles. The van der Waals surface area contributed by atoms with Crippen molar-refractivity contribution in [2.75, 3.05) is 31.6 Å². The van der Waals surface area contributed by atoms with Crippen molar-refractivity contribution in [3.8, 4) is 0 Å². The molecule has 0 aliphatic carbocycles. The number of aryl methyl sites for hydroxylation is 1. The summed E-state index contributed by atoms with van der Waals surface area (Å²) in [6, 6.07) is 3.31. The molecular formula is C13H20N4O2. The molecule has 0 bridgehead atoms. The summed E-state index contributed by atoms with van der Waals surface area (Å²) in [5, 5.41) is 14.0. The molecule has 104 valence electrons. The van der Waals surface area contributed by atoms with Crippen LogP contribution in [0, 0.1) is 23.0 Å². The summed E-state index contributed by atoms with van der Waals surface area (Å²) in [5.41, 5.74) is 0.575. The lowest BCUT2D eigenvalue weighted by molar-refractivity contribution is -0.385. The number of piperidine rings is 1. The Hall–Kier alpha value is -1.69. The molecule has 0 amide bonds. The maximum atomic E-state index is 10.8. The Morgan fingerprint density at radius 1 is 1.58 bits per heavy atom. The number of nitrogens with zero attached hydrogens (tertiary/aromatic N) is 3. The molecular weight excluding hydrogens is 244 g/mol. The molecule has 1 aromatic heterocycles. The van der Waals surface area contributed by atoms with Gasteiger partial charge in [-0.25, -0.2) is 4.98 Å². The topological polar surface area (TPSA) is 71.3 Å². The average molecular weight is 264 g/mol. The number of hydrogen-bond acceptors (Lipinski definition) is 5. The van der Waals surface area contributed by atoms with Gasteiger partial charge in [-0.3, -0.25) is 10.1 Å². The summed E-state index contributed by atoms with van der Waals surface area (Å²) in [6.07, 6.45) is 2.37. The third-order valence-corrected chi connectivity index (χ3v) is 3.58. The van der Waals surface area contributed by atoms with E-state index in [1.165, 1.54) is 6.42 Å². The fourth-order valence-electron chi connectivity index (χ4n) is 2.64. The van der Waals surface area contributed by atoms with Crippen LogP contribution in [0.1, 0.15) is 18.5 Å². The number of aromatic nitrogens is 1. The van der Waals surface area contributed by atoms with Crippen LogP contribution >= 0.6 is 0 Å². The molecule has 1 aromatic rings. The van der Waals surface area contributed by atoms with Crippen LogP contribution in [0.4, 0.5) is 11.5 Å². The van der Waals surface area contributed by atoms with Crippen molar-refractivity contribution in [1.82, 2.24) is 10.3 Å². The molecule has 1 atom stereocenters. The smallest absolute Gasteiger partial charge is 0.290 e. The second kappa shape index (κ2) is 5.97. The molecule has 19 heavy (non-hydrogen) atoms. The number of nitro groups is 1. The van der Waals surface area contributed by atoms with Gasteiger partial charge in [-0.05, 0) is 45.3 Å². The summed E-state index contributed by atoms with van der Waals surface area (Å²) in [4.78, 5) is 17.0. The van der Waals surface area contributed by atoms with Crippen LogP contribution in [0.3, 0.4) is 0 Å². The van der Waals surface area contributed by atoms with E-state index in [1.807, 2.05) is 7.05 Å². The Morgan fingerprint density at radius 2 is 2.37 bits per heavy atom. The highest BCUT2D eigenvalue weighted by Crippen LogP contribution is 2.24. The van der Waals surface area contributed by atoms with Gasteiger partial charge in [0.2, 0.25) is 0 Å². The van der Waals surface area contributed by atoms with Gasteiger partial charge in [0.05, 0.1) is 4.92 Å². The Labute approximate surface area is 113 Å². The fraction of sp³-hybridized carbons (Fsp3) is 0.615. The average Bonchev–Trinajstić information content (AvgIpc) is 2.39. The van der Waals surface area contributed by atoms with Crippen LogP contribution in [0.25, 0.3) is 0 Å². The third kappa shape index (κ3) is 3.20. The lowest BCUT2D eigenvalue weighted by Gasteiger charge is -2.33. The molecule has 1 N–H and O–H groups in total. The van der Waals surface area contributed by atoms with Gasteiger partial charge in [0.25, 0.3) is 5.69 Å². The second-order valence-electron chi connectivity index (χ2n) is 5.04. The third-order valence-electron chi connectivity index (χ3n) is 3.58. The van der Waals surface area contributed by atoms with E-state index in [0.717, 1.165) is 31.9 Å². The maximum absolute atomic E-state index is 10.8. The van der Waals surface area contributed by atoms with Crippen molar-refractivity contribution in [1.29, 1.82) is 0 Å². The minimum atomic E-state index is -0.383. The number of hydrogen-bond donors (Lipinski definition) is 1. The lowest BCUT2D eigenvalue weighted by atomic mass is 9.98. The number of anilines is 1. The highest BCUT2D eigenvalue weighted by molar-refractivity contribution is 5.47. The molecule has 1 unspecified atom stereocenters. The zero-order valence-corrected chi connectivity index (χ0v) is 11.4. The minimum absolute atomic E-state index is 0.0903. The fourth-order valence-corrected chi connectivity index (χ4v) is 2.64. The number of nitrogens with one attached hydrogen (secondary N) is 1. The van der Waals surface area contributed by atoms with Crippen molar-refractivity contribution in [2.24, 2.45) is 5.92 Å². The monoisotopic (exact) mass is 264 g/mol. The van der Waals surface area contributed by atoms with Gasteiger partial charge < -0.3 is 10.2 Å². The summed E-state index contributed by atoms with van der Waals surface area (Å²) < 4.78 is 0. The van der Waals surface area contributed by atoms with E-state index in [4.69, 9.17) is 0 Å². The highest BCUT2D eigenvalue weighted by atomic mass is 16.6. The van der Waals surface area contributed by atoms with E-state index < -0.39 is 0 Å². The summed E-state index contributed by atoms with van der Waals surface area (Å²) in [7, 11) is 1.97. The van der Waals surface area contributed by atoms with Gasteiger partial charge in [0.15, 0.2) is 0 Å². The van der Waals surface area contributed by atoms with Crippen molar-refractivity contribution < 1.29 is 4.92 Å². The van der Waals surface area contributed by atoms with Crippen molar-refractivity contribution >= 4 is 11.5 Å². The van der Waals surface area contributed by atoms with E-state index in [2.05, 4.69) is 15.2 Å². The molecule has 1 aliphatic heterocycles. The van der Waals surface area contributed by atoms with Crippen molar-refractivity contribution in [2.45, 2.75) is 19.8 Å². The molecule has 0 saturated carbocycles. The van der Waals surface area contributed by atoms with E-state index in [9.17, 15) is 10.1 Å². The molecule has 1 fully saturated rings. The van der Waals surface area contributed by atoms with Gasteiger partial charge in [0.1, 0.15) is 11.5 Å². The van der Waals surface area contributed by atoms with Gasteiger partial charge >= 0.3 is 0 Å². The first-order valence-corrected chi connectivity index (χ1v) is 6.63.